The minimum absolute atomic E-state index is 0.849. The molecule has 24 heavy (non-hydrogen) atoms. The first kappa shape index (κ1) is 18.6. The fourth-order valence-electron chi connectivity index (χ4n) is 4.99. The summed E-state index contributed by atoms with van der Waals surface area (Å²) in [4.78, 5) is 10.7. The second-order valence-electron chi connectivity index (χ2n) is 8.74. The van der Waals surface area contributed by atoms with Gasteiger partial charge in [-0.15, -0.1) is 0 Å². The quantitative estimate of drug-likeness (QED) is 0.737. The van der Waals surface area contributed by atoms with Gasteiger partial charge in [0.2, 0.25) is 0 Å². The maximum atomic E-state index is 2.83. The third-order valence-electron chi connectivity index (χ3n) is 6.39. The van der Waals surface area contributed by atoms with Crippen molar-refractivity contribution in [2.45, 2.75) is 82.7 Å². The second-order valence-corrected chi connectivity index (χ2v) is 8.74. The third-order valence-corrected chi connectivity index (χ3v) is 6.39. The van der Waals surface area contributed by atoms with Crippen molar-refractivity contribution in [3.05, 3.63) is 0 Å². The van der Waals surface area contributed by atoms with Gasteiger partial charge in [-0.25, -0.2) is 0 Å². The number of hydrogen-bond donors (Lipinski definition) is 0. The zero-order valence-electron chi connectivity index (χ0n) is 16.3. The molecule has 4 heteroatoms. The Morgan fingerprint density at radius 3 is 1.67 bits per heavy atom. The highest BCUT2D eigenvalue weighted by molar-refractivity contribution is 4.83. The van der Waals surface area contributed by atoms with Crippen molar-refractivity contribution < 1.29 is 0 Å². The molecule has 0 amide bonds. The van der Waals surface area contributed by atoms with Crippen molar-refractivity contribution in [1.82, 2.24) is 19.6 Å². The molecule has 0 spiro atoms. The SMILES string of the molecule is CN(C)CCCN1CN(C2CCCCC2)CN(C2CCCCC2)C1. The average Bonchev–Trinajstić information content (AvgIpc) is 2.63. The van der Waals surface area contributed by atoms with Gasteiger partial charge in [0.05, 0.1) is 20.0 Å². The largest absolute Gasteiger partial charge is 0.309 e. The average molecular weight is 337 g/mol. The van der Waals surface area contributed by atoms with Gasteiger partial charge >= 0.3 is 0 Å². The van der Waals surface area contributed by atoms with Crippen molar-refractivity contribution in [3.63, 3.8) is 0 Å². The highest BCUT2D eigenvalue weighted by Crippen LogP contribution is 2.28. The molecule has 3 aliphatic rings. The predicted octanol–water partition coefficient (Wildman–Crippen LogP) is 3.40. The molecule has 0 bridgehead atoms. The van der Waals surface area contributed by atoms with E-state index in [9.17, 15) is 0 Å². The van der Waals surface area contributed by atoms with E-state index in [0.29, 0.717) is 0 Å². The van der Waals surface area contributed by atoms with Crippen molar-refractivity contribution >= 4 is 0 Å². The zero-order valence-corrected chi connectivity index (χ0v) is 16.3. The first-order valence-electron chi connectivity index (χ1n) is 10.6. The molecule has 0 aromatic heterocycles. The van der Waals surface area contributed by atoms with Gasteiger partial charge in [-0.3, -0.25) is 14.7 Å². The van der Waals surface area contributed by atoms with E-state index in [1.54, 1.807) is 0 Å². The maximum absolute atomic E-state index is 2.83. The van der Waals surface area contributed by atoms with Crippen LogP contribution in [0.3, 0.4) is 0 Å². The summed E-state index contributed by atoms with van der Waals surface area (Å²) in [5, 5.41) is 0. The molecule has 4 nitrogen and oxygen atoms in total. The summed E-state index contributed by atoms with van der Waals surface area (Å²) in [6.07, 6.45) is 15.8. The van der Waals surface area contributed by atoms with Gasteiger partial charge in [-0.1, -0.05) is 38.5 Å². The Kier molecular flexibility index (Phi) is 7.38. The van der Waals surface area contributed by atoms with Gasteiger partial charge in [0.25, 0.3) is 0 Å². The summed E-state index contributed by atoms with van der Waals surface area (Å²) in [6.45, 7) is 6.12. The molecule has 2 saturated carbocycles. The molecule has 0 aromatic carbocycles. The summed E-state index contributed by atoms with van der Waals surface area (Å²) in [6, 6.07) is 1.70. The Balaban J connectivity index is 1.58. The highest BCUT2D eigenvalue weighted by Gasteiger charge is 2.32. The molecule has 140 valence electrons. The summed E-state index contributed by atoms with van der Waals surface area (Å²) in [5.41, 5.74) is 0. The molecule has 0 atom stereocenters. The van der Waals surface area contributed by atoms with Gasteiger partial charge in [-0.2, -0.15) is 0 Å². The maximum Gasteiger partial charge on any atom is 0.0535 e. The molecule has 0 aromatic rings. The van der Waals surface area contributed by atoms with Crippen LogP contribution in [0, 0.1) is 0 Å². The van der Waals surface area contributed by atoms with E-state index >= 15 is 0 Å². The minimum atomic E-state index is 0.849. The molecule has 3 fully saturated rings. The molecule has 3 rings (SSSR count). The van der Waals surface area contributed by atoms with E-state index in [0.717, 1.165) is 12.1 Å². The fourth-order valence-corrected chi connectivity index (χ4v) is 4.99. The standard InChI is InChI=1S/C20H40N4/c1-21(2)14-9-15-22-16-23(19-10-5-3-6-11-19)18-24(17-22)20-12-7-4-8-13-20/h19-20H,3-18H2,1-2H3. The number of rotatable bonds is 6. The van der Waals surface area contributed by atoms with Crippen molar-refractivity contribution in [1.29, 1.82) is 0 Å². The predicted molar refractivity (Wildman–Crippen MR) is 102 cm³/mol. The smallest absolute Gasteiger partial charge is 0.0535 e. The van der Waals surface area contributed by atoms with Crippen LogP contribution in [0.4, 0.5) is 0 Å². The topological polar surface area (TPSA) is 13.0 Å². The van der Waals surface area contributed by atoms with Gasteiger partial charge in [0, 0.05) is 18.6 Å². The third kappa shape index (κ3) is 5.42. The van der Waals surface area contributed by atoms with Gasteiger partial charge < -0.3 is 4.90 Å². The van der Waals surface area contributed by atoms with E-state index in [1.165, 1.54) is 104 Å². The van der Waals surface area contributed by atoms with Crippen LogP contribution < -0.4 is 0 Å². The molecule has 1 saturated heterocycles. The lowest BCUT2D eigenvalue weighted by Crippen LogP contribution is -2.60. The fraction of sp³-hybridized carbons (Fsp3) is 1.00. The summed E-state index contributed by atoms with van der Waals surface area (Å²) < 4.78 is 0. The van der Waals surface area contributed by atoms with Gasteiger partial charge in [0.15, 0.2) is 0 Å². The van der Waals surface area contributed by atoms with E-state index < -0.39 is 0 Å². The Morgan fingerprint density at radius 2 is 1.21 bits per heavy atom. The lowest BCUT2D eigenvalue weighted by atomic mass is 9.93. The molecule has 2 aliphatic carbocycles. The second kappa shape index (κ2) is 9.51. The Morgan fingerprint density at radius 1 is 0.708 bits per heavy atom. The van der Waals surface area contributed by atoms with Crippen LogP contribution in [0.1, 0.15) is 70.6 Å². The van der Waals surface area contributed by atoms with Crippen LogP contribution >= 0.6 is 0 Å². The molecular formula is C20H40N4. The summed E-state index contributed by atoms with van der Waals surface area (Å²) in [7, 11) is 4.39. The molecule has 0 radical (unpaired) electrons. The van der Waals surface area contributed by atoms with E-state index in [4.69, 9.17) is 0 Å². The van der Waals surface area contributed by atoms with Crippen molar-refractivity contribution in [3.8, 4) is 0 Å². The van der Waals surface area contributed by atoms with E-state index in [-0.39, 0.29) is 0 Å². The van der Waals surface area contributed by atoms with Crippen LogP contribution in [-0.2, 0) is 0 Å². The summed E-state index contributed by atoms with van der Waals surface area (Å²) in [5.74, 6) is 0. The molecule has 0 N–H and O–H groups in total. The minimum Gasteiger partial charge on any atom is -0.309 e. The number of hydrogen-bond acceptors (Lipinski definition) is 4. The van der Waals surface area contributed by atoms with Crippen molar-refractivity contribution in [2.75, 3.05) is 47.2 Å². The lowest BCUT2D eigenvalue weighted by molar-refractivity contribution is -0.0801. The first-order chi connectivity index (χ1) is 11.7. The van der Waals surface area contributed by atoms with Gasteiger partial charge in [-0.05, 0) is 52.7 Å². The first-order valence-corrected chi connectivity index (χ1v) is 10.6. The molecular weight excluding hydrogens is 296 g/mol. The van der Waals surface area contributed by atoms with Crippen LogP contribution in [-0.4, -0.2) is 78.9 Å². The van der Waals surface area contributed by atoms with E-state index in [2.05, 4.69) is 33.7 Å². The van der Waals surface area contributed by atoms with Crippen LogP contribution in [0.25, 0.3) is 0 Å². The Bertz CT molecular complexity index is 322. The highest BCUT2D eigenvalue weighted by atomic mass is 15.5. The van der Waals surface area contributed by atoms with Crippen LogP contribution in [0.15, 0.2) is 0 Å². The normalized spacial score (nSPS) is 27.1. The summed E-state index contributed by atoms with van der Waals surface area (Å²) >= 11 is 0. The molecule has 1 heterocycles. The monoisotopic (exact) mass is 336 g/mol. The van der Waals surface area contributed by atoms with Crippen molar-refractivity contribution in [2.24, 2.45) is 0 Å². The number of nitrogens with zero attached hydrogens (tertiary/aromatic N) is 4. The zero-order chi connectivity index (χ0) is 16.8. The molecule has 1 aliphatic heterocycles. The van der Waals surface area contributed by atoms with E-state index in [1.807, 2.05) is 0 Å². The van der Waals surface area contributed by atoms with Gasteiger partial charge in [0.1, 0.15) is 0 Å². The van der Waals surface area contributed by atoms with Crippen LogP contribution in [0.5, 0.6) is 0 Å². The Labute approximate surface area is 150 Å². The lowest BCUT2D eigenvalue weighted by Gasteiger charge is -2.49. The Hall–Kier alpha value is -0.160. The van der Waals surface area contributed by atoms with Crippen LogP contribution in [0.2, 0.25) is 0 Å². The molecule has 0 unspecified atom stereocenters.